The number of ether oxygens (including phenoxy) is 1. The van der Waals surface area contributed by atoms with Crippen LogP contribution in [0.5, 0.6) is 0 Å². The number of esters is 1. The molecule has 0 radical (unpaired) electrons. The standard InChI is InChI=1S/C21H21N3O3S2/c1-2-27-21(26)18-14-28-12-10-23(18)20(25)17-13-16(19-9-6-11-29-19)22-24(17)15-7-4-3-5-8-15/h3-9,11,13,18H,2,10,12,14H2,1H3/t18-/m1/s1. The number of carbonyl (C=O) groups is 2. The number of benzene rings is 1. The Morgan fingerprint density at radius 1 is 1.21 bits per heavy atom. The molecule has 1 fully saturated rings. The lowest BCUT2D eigenvalue weighted by Crippen LogP contribution is -2.51. The molecule has 1 atom stereocenters. The lowest BCUT2D eigenvalue weighted by Gasteiger charge is -2.33. The maximum absolute atomic E-state index is 13.5. The number of carbonyl (C=O) groups excluding carboxylic acids is 2. The Kier molecular flexibility index (Phi) is 6.01. The number of amides is 1. The van der Waals surface area contributed by atoms with Crippen LogP contribution in [0.3, 0.4) is 0 Å². The predicted molar refractivity (Wildman–Crippen MR) is 116 cm³/mol. The van der Waals surface area contributed by atoms with Crippen molar-refractivity contribution in [1.29, 1.82) is 0 Å². The van der Waals surface area contributed by atoms with Crippen LogP contribution in [0.2, 0.25) is 0 Å². The first-order chi connectivity index (χ1) is 14.2. The van der Waals surface area contributed by atoms with Gasteiger partial charge in [0.1, 0.15) is 17.4 Å². The summed E-state index contributed by atoms with van der Waals surface area (Å²) in [6.07, 6.45) is 0. The Morgan fingerprint density at radius 2 is 2.03 bits per heavy atom. The topological polar surface area (TPSA) is 64.4 Å². The lowest BCUT2D eigenvalue weighted by atomic mass is 10.2. The Morgan fingerprint density at radius 3 is 2.76 bits per heavy atom. The molecule has 3 heterocycles. The molecule has 150 valence electrons. The summed E-state index contributed by atoms with van der Waals surface area (Å²) in [5, 5.41) is 6.69. The van der Waals surface area contributed by atoms with Crippen molar-refractivity contribution in [2.24, 2.45) is 0 Å². The van der Waals surface area contributed by atoms with Crippen LogP contribution < -0.4 is 0 Å². The average molecular weight is 428 g/mol. The van der Waals surface area contributed by atoms with Crippen molar-refractivity contribution >= 4 is 35.0 Å². The number of thioether (sulfide) groups is 1. The van der Waals surface area contributed by atoms with Crippen molar-refractivity contribution in [3.63, 3.8) is 0 Å². The van der Waals surface area contributed by atoms with E-state index in [9.17, 15) is 9.59 Å². The molecule has 0 spiro atoms. The van der Waals surface area contributed by atoms with Crippen molar-refractivity contribution < 1.29 is 14.3 Å². The second kappa shape index (κ2) is 8.84. The highest BCUT2D eigenvalue weighted by Crippen LogP contribution is 2.28. The Balaban J connectivity index is 1.74. The summed E-state index contributed by atoms with van der Waals surface area (Å²) < 4.78 is 6.88. The van der Waals surface area contributed by atoms with Crippen molar-refractivity contribution in [2.75, 3.05) is 24.7 Å². The lowest BCUT2D eigenvalue weighted by molar-refractivity contribution is -0.147. The van der Waals surface area contributed by atoms with E-state index in [-0.39, 0.29) is 11.9 Å². The number of rotatable bonds is 5. The Labute approximate surface area is 177 Å². The molecule has 3 aromatic rings. The fourth-order valence-electron chi connectivity index (χ4n) is 3.27. The molecule has 0 N–H and O–H groups in total. The van der Waals surface area contributed by atoms with Crippen molar-refractivity contribution in [2.45, 2.75) is 13.0 Å². The molecular weight excluding hydrogens is 406 g/mol. The van der Waals surface area contributed by atoms with E-state index in [1.54, 1.807) is 39.6 Å². The van der Waals surface area contributed by atoms with Crippen LogP contribution in [-0.4, -0.2) is 57.3 Å². The van der Waals surface area contributed by atoms with Gasteiger partial charge in [-0.25, -0.2) is 9.48 Å². The van der Waals surface area contributed by atoms with Gasteiger partial charge in [-0.2, -0.15) is 16.9 Å². The fraction of sp³-hybridized carbons (Fsp3) is 0.286. The normalized spacial score (nSPS) is 16.6. The minimum Gasteiger partial charge on any atom is -0.464 e. The number of hydrogen-bond acceptors (Lipinski definition) is 6. The summed E-state index contributed by atoms with van der Waals surface area (Å²) in [4.78, 5) is 28.6. The summed E-state index contributed by atoms with van der Waals surface area (Å²) in [5.41, 5.74) is 1.99. The van der Waals surface area contributed by atoms with Crippen LogP contribution in [0.1, 0.15) is 17.4 Å². The molecule has 0 aliphatic carbocycles. The van der Waals surface area contributed by atoms with Gasteiger partial charge in [0.15, 0.2) is 0 Å². The number of nitrogens with zero attached hydrogens (tertiary/aromatic N) is 3. The molecule has 1 saturated heterocycles. The first kappa shape index (κ1) is 19.7. The zero-order valence-corrected chi connectivity index (χ0v) is 17.6. The molecule has 1 aromatic carbocycles. The van der Waals surface area contributed by atoms with Gasteiger partial charge in [0.2, 0.25) is 0 Å². The summed E-state index contributed by atoms with van der Waals surface area (Å²) >= 11 is 3.24. The predicted octanol–water partition coefficient (Wildman–Crippen LogP) is 3.72. The second-order valence-corrected chi connectivity index (χ2v) is 8.58. The SMILES string of the molecule is CCOC(=O)[C@H]1CSCCN1C(=O)c1cc(-c2cccs2)nn1-c1ccccc1. The molecule has 2 aromatic heterocycles. The largest absolute Gasteiger partial charge is 0.464 e. The molecule has 0 unspecified atom stereocenters. The van der Waals surface area contributed by atoms with Crippen LogP contribution in [0.15, 0.2) is 53.9 Å². The quantitative estimate of drug-likeness (QED) is 0.581. The molecule has 29 heavy (non-hydrogen) atoms. The van der Waals surface area contributed by atoms with Crippen LogP contribution in [-0.2, 0) is 9.53 Å². The van der Waals surface area contributed by atoms with E-state index < -0.39 is 6.04 Å². The van der Waals surface area contributed by atoms with E-state index in [1.165, 1.54) is 0 Å². The van der Waals surface area contributed by atoms with Gasteiger partial charge in [-0.15, -0.1) is 11.3 Å². The molecule has 4 rings (SSSR count). The summed E-state index contributed by atoms with van der Waals surface area (Å²) in [5.74, 6) is 0.778. The first-order valence-corrected chi connectivity index (χ1v) is 11.5. The summed E-state index contributed by atoms with van der Waals surface area (Å²) in [6.45, 7) is 2.58. The average Bonchev–Trinajstić information content (AvgIpc) is 3.44. The molecule has 0 bridgehead atoms. The highest BCUT2D eigenvalue weighted by Gasteiger charge is 2.35. The zero-order valence-electron chi connectivity index (χ0n) is 16.0. The van der Waals surface area contributed by atoms with Crippen molar-refractivity contribution in [1.82, 2.24) is 14.7 Å². The monoisotopic (exact) mass is 427 g/mol. The van der Waals surface area contributed by atoms with E-state index in [4.69, 9.17) is 9.84 Å². The Bertz CT molecular complexity index is 986. The molecule has 8 heteroatoms. The third kappa shape index (κ3) is 4.09. The van der Waals surface area contributed by atoms with E-state index in [0.717, 1.165) is 22.0 Å². The van der Waals surface area contributed by atoms with Gasteiger partial charge in [0.05, 0.1) is 17.2 Å². The molecule has 1 aliphatic heterocycles. The van der Waals surface area contributed by atoms with Gasteiger partial charge in [0, 0.05) is 18.1 Å². The van der Waals surface area contributed by atoms with Crippen LogP contribution >= 0.6 is 23.1 Å². The minimum absolute atomic E-state index is 0.206. The maximum atomic E-state index is 13.5. The number of thiophene rings is 1. The Hall–Kier alpha value is -2.58. The zero-order chi connectivity index (χ0) is 20.2. The van der Waals surface area contributed by atoms with Gasteiger partial charge >= 0.3 is 5.97 Å². The smallest absolute Gasteiger partial charge is 0.329 e. The summed E-state index contributed by atoms with van der Waals surface area (Å²) in [6, 6.07) is 14.7. The summed E-state index contributed by atoms with van der Waals surface area (Å²) in [7, 11) is 0. The highest BCUT2D eigenvalue weighted by atomic mass is 32.2. The van der Waals surface area contributed by atoms with Gasteiger partial charge < -0.3 is 9.64 Å². The van der Waals surface area contributed by atoms with Crippen molar-refractivity contribution in [3.8, 4) is 16.3 Å². The highest BCUT2D eigenvalue weighted by molar-refractivity contribution is 7.99. The minimum atomic E-state index is -0.578. The third-order valence-corrected chi connectivity index (χ3v) is 6.57. The van der Waals surface area contributed by atoms with Gasteiger partial charge in [-0.3, -0.25) is 4.79 Å². The molecular formula is C21H21N3O3S2. The fourth-order valence-corrected chi connectivity index (χ4v) is 4.98. The van der Waals surface area contributed by atoms with Gasteiger partial charge in [0.25, 0.3) is 5.91 Å². The van der Waals surface area contributed by atoms with Crippen LogP contribution in [0.25, 0.3) is 16.3 Å². The molecule has 1 amide bonds. The second-order valence-electron chi connectivity index (χ2n) is 6.48. The number of hydrogen-bond donors (Lipinski definition) is 0. The molecule has 6 nitrogen and oxygen atoms in total. The molecule has 0 saturated carbocycles. The first-order valence-electron chi connectivity index (χ1n) is 9.43. The van der Waals surface area contributed by atoms with E-state index in [1.807, 2.05) is 53.9 Å². The van der Waals surface area contributed by atoms with Crippen molar-refractivity contribution in [3.05, 3.63) is 59.6 Å². The van der Waals surface area contributed by atoms with E-state index in [0.29, 0.717) is 24.6 Å². The van der Waals surface area contributed by atoms with Gasteiger partial charge in [-0.05, 0) is 36.6 Å². The maximum Gasteiger partial charge on any atom is 0.329 e. The van der Waals surface area contributed by atoms with E-state index >= 15 is 0 Å². The number of para-hydroxylation sites is 1. The van der Waals surface area contributed by atoms with Crippen LogP contribution in [0, 0.1) is 0 Å². The third-order valence-electron chi connectivity index (χ3n) is 4.65. The number of aromatic nitrogens is 2. The van der Waals surface area contributed by atoms with Gasteiger partial charge in [-0.1, -0.05) is 24.3 Å². The van der Waals surface area contributed by atoms with E-state index in [2.05, 4.69) is 0 Å². The molecule has 1 aliphatic rings. The van der Waals surface area contributed by atoms with Crippen LogP contribution in [0.4, 0.5) is 0 Å².